The predicted molar refractivity (Wildman–Crippen MR) is 83.2 cm³/mol. The summed E-state index contributed by atoms with van der Waals surface area (Å²) in [5.74, 6) is 0. The Morgan fingerprint density at radius 3 is 2.53 bits per heavy atom. The molecule has 0 aliphatic carbocycles. The van der Waals surface area contributed by atoms with E-state index in [1.165, 1.54) is 0 Å². The smallest absolute Gasteiger partial charge is 0.254 e. The van der Waals surface area contributed by atoms with E-state index in [-0.39, 0.29) is 5.17 Å². The first-order chi connectivity index (χ1) is 8.99. The van der Waals surface area contributed by atoms with Crippen molar-refractivity contribution in [1.29, 1.82) is 0 Å². The number of para-hydroxylation sites is 1. The molecule has 2 rings (SSSR count). The molecule has 0 saturated heterocycles. The molecule has 0 saturated carbocycles. The highest BCUT2D eigenvalue weighted by Gasteiger charge is 1.97. The maximum Gasteiger partial charge on any atom is 0.254 e. The Bertz CT molecular complexity index is 586. The van der Waals surface area contributed by atoms with Crippen LogP contribution in [0.15, 0.2) is 36.5 Å². The van der Waals surface area contributed by atoms with Crippen molar-refractivity contribution < 1.29 is 10.2 Å². The van der Waals surface area contributed by atoms with Crippen molar-refractivity contribution in [3.63, 3.8) is 0 Å². The molecule has 0 unspecified atom stereocenters. The van der Waals surface area contributed by atoms with Crippen LogP contribution in [0.3, 0.4) is 0 Å². The fourth-order valence-corrected chi connectivity index (χ4v) is 1.46. The van der Waals surface area contributed by atoms with Gasteiger partial charge < -0.3 is 21.3 Å². The second kappa shape index (κ2) is 7.45. The van der Waals surface area contributed by atoms with Crippen LogP contribution in [0.2, 0.25) is 0 Å². The molecular weight excluding hydrogens is 282 g/mol. The molecule has 0 fully saturated rings. The quantitative estimate of drug-likeness (QED) is 0.629. The molecule has 1 aromatic carbocycles. The Morgan fingerprint density at radius 1 is 1.26 bits per heavy atom. The number of nitrogens with one attached hydrogen (secondary N) is 1. The zero-order chi connectivity index (χ0) is 14.3. The SMILES string of the molecule is NC(O)=S.OC(=S)NCc1cnc2ccccc2c1. The lowest BCUT2D eigenvalue weighted by molar-refractivity contribution is 0.530. The summed E-state index contributed by atoms with van der Waals surface area (Å²) >= 11 is 8.38. The van der Waals surface area contributed by atoms with Crippen molar-refractivity contribution in [3.8, 4) is 0 Å². The number of hydrogen-bond acceptors (Lipinski definition) is 3. The third-order valence-electron chi connectivity index (χ3n) is 2.09. The third kappa shape index (κ3) is 5.94. The predicted octanol–water partition coefficient (Wildman–Crippen LogP) is 1.96. The highest BCUT2D eigenvalue weighted by Crippen LogP contribution is 2.12. The fourth-order valence-electron chi connectivity index (χ4n) is 1.39. The molecule has 19 heavy (non-hydrogen) atoms. The lowest BCUT2D eigenvalue weighted by Gasteiger charge is -2.03. The van der Waals surface area contributed by atoms with Gasteiger partial charge in [0.2, 0.25) is 0 Å². The summed E-state index contributed by atoms with van der Waals surface area (Å²) in [5.41, 5.74) is 6.35. The topological polar surface area (TPSA) is 91.4 Å². The maximum absolute atomic E-state index is 8.83. The molecule has 0 aliphatic rings. The van der Waals surface area contributed by atoms with Crippen LogP contribution in [0.25, 0.3) is 10.9 Å². The molecule has 0 aliphatic heterocycles. The minimum Gasteiger partial charge on any atom is -0.487 e. The van der Waals surface area contributed by atoms with E-state index in [9.17, 15) is 0 Å². The number of nitrogens with two attached hydrogens (primary N) is 1. The van der Waals surface area contributed by atoms with Crippen molar-refractivity contribution >= 4 is 45.7 Å². The molecule has 1 heterocycles. The van der Waals surface area contributed by atoms with E-state index >= 15 is 0 Å². The zero-order valence-corrected chi connectivity index (χ0v) is 11.5. The summed E-state index contributed by atoms with van der Waals surface area (Å²) in [6.07, 6.45) is 1.77. The first-order valence-electron chi connectivity index (χ1n) is 5.28. The number of hydrogen-bond donors (Lipinski definition) is 4. The maximum atomic E-state index is 8.83. The second-order valence-electron chi connectivity index (χ2n) is 3.53. The van der Waals surface area contributed by atoms with Crippen LogP contribution in [-0.4, -0.2) is 25.5 Å². The summed E-state index contributed by atoms with van der Waals surface area (Å²) in [5, 5.41) is 19.5. The minimum absolute atomic E-state index is 0.192. The number of pyridine rings is 1. The summed E-state index contributed by atoms with van der Waals surface area (Å²) < 4.78 is 0. The molecule has 1 aromatic heterocycles. The second-order valence-corrected chi connectivity index (χ2v) is 4.34. The van der Waals surface area contributed by atoms with Gasteiger partial charge in [-0.15, -0.1) is 0 Å². The standard InChI is InChI=1S/C11H10N2OS.CH3NOS/c14-11(15)13-7-8-5-9-3-1-2-4-10(9)12-6-8;2-1(3)4/h1-6H,7H2,(H2,13,14,15);(H3,2,3,4). The molecule has 100 valence electrons. The molecule has 5 N–H and O–H groups in total. The molecule has 0 amide bonds. The molecule has 7 heteroatoms. The van der Waals surface area contributed by atoms with Crippen molar-refractivity contribution in [3.05, 3.63) is 42.1 Å². The monoisotopic (exact) mass is 295 g/mol. The van der Waals surface area contributed by atoms with Gasteiger partial charge in [0, 0.05) is 18.1 Å². The Morgan fingerprint density at radius 2 is 1.89 bits per heavy atom. The van der Waals surface area contributed by atoms with Crippen molar-refractivity contribution in [2.75, 3.05) is 0 Å². The van der Waals surface area contributed by atoms with E-state index in [2.05, 4.69) is 40.5 Å². The molecule has 0 bridgehead atoms. The van der Waals surface area contributed by atoms with Gasteiger partial charge in [0.25, 0.3) is 10.3 Å². The first kappa shape index (κ1) is 15.1. The molecule has 0 spiro atoms. The average Bonchev–Trinajstić information content (AvgIpc) is 2.35. The Hall–Kier alpha value is -1.99. The van der Waals surface area contributed by atoms with Gasteiger partial charge in [-0.3, -0.25) is 4.98 Å². The van der Waals surface area contributed by atoms with Crippen molar-refractivity contribution in [2.24, 2.45) is 5.73 Å². The number of rotatable bonds is 2. The number of fused-ring (bicyclic) bond motifs is 1. The lowest BCUT2D eigenvalue weighted by atomic mass is 10.1. The van der Waals surface area contributed by atoms with Gasteiger partial charge in [-0.25, -0.2) is 0 Å². The molecule has 5 nitrogen and oxygen atoms in total. The number of aliphatic hydroxyl groups is 2. The highest BCUT2D eigenvalue weighted by atomic mass is 32.1. The van der Waals surface area contributed by atoms with Gasteiger partial charge in [0.15, 0.2) is 0 Å². The number of aromatic nitrogens is 1. The van der Waals surface area contributed by atoms with E-state index in [4.69, 9.17) is 10.2 Å². The van der Waals surface area contributed by atoms with E-state index in [0.717, 1.165) is 16.5 Å². The van der Waals surface area contributed by atoms with Crippen LogP contribution in [0.4, 0.5) is 0 Å². The van der Waals surface area contributed by atoms with Crippen molar-refractivity contribution in [1.82, 2.24) is 10.3 Å². The summed E-state index contributed by atoms with van der Waals surface area (Å²) in [6, 6.07) is 9.91. The highest BCUT2D eigenvalue weighted by molar-refractivity contribution is 7.80. The Balaban J connectivity index is 0.000000399. The van der Waals surface area contributed by atoms with Crippen LogP contribution in [-0.2, 0) is 6.54 Å². The van der Waals surface area contributed by atoms with Gasteiger partial charge in [-0.1, -0.05) is 18.2 Å². The van der Waals surface area contributed by atoms with Crippen LogP contribution >= 0.6 is 24.4 Å². The molecular formula is C12H13N3O2S2. The zero-order valence-electron chi connectivity index (χ0n) is 9.91. The van der Waals surface area contributed by atoms with Crippen LogP contribution in [0, 0.1) is 0 Å². The van der Waals surface area contributed by atoms with Crippen LogP contribution in [0.5, 0.6) is 0 Å². The van der Waals surface area contributed by atoms with Gasteiger partial charge in [0.05, 0.1) is 5.52 Å². The van der Waals surface area contributed by atoms with Gasteiger partial charge in [-0.05, 0) is 42.1 Å². The minimum atomic E-state index is -0.500. The van der Waals surface area contributed by atoms with E-state index in [0.29, 0.717) is 6.54 Å². The van der Waals surface area contributed by atoms with Crippen molar-refractivity contribution in [2.45, 2.75) is 6.54 Å². The number of aliphatic hydroxyl groups excluding tert-OH is 2. The van der Waals surface area contributed by atoms with Gasteiger partial charge >= 0.3 is 0 Å². The average molecular weight is 295 g/mol. The van der Waals surface area contributed by atoms with Crippen LogP contribution in [0.1, 0.15) is 5.56 Å². The first-order valence-corrected chi connectivity index (χ1v) is 6.09. The molecule has 2 aromatic rings. The Kier molecular flexibility index (Phi) is 5.91. The van der Waals surface area contributed by atoms with Gasteiger partial charge in [-0.2, -0.15) is 0 Å². The number of benzene rings is 1. The summed E-state index contributed by atoms with van der Waals surface area (Å²) in [6.45, 7) is 0.493. The van der Waals surface area contributed by atoms with E-state index < -0.39 is 5.17 Å². The normalized spacial score (nSPS) is 9.26. The molecule has 0 radical (unpaired) electrons. The Labute approximate surface area is 121 Å². The van der Waals surface area contributed by atoms with E-state index in [1.54, 1.807) is 6.20 Å². The molecule has 0 atom stereocenters. The number of nitrogens with zero attached hydrogens (tertiary/aromatic N) is 1. The fraction of sp³-hybridized carbons (Fsp3) is 0.0833. The third-order valence-corrected chi connectivity index (χ3v) is 2.24. The van der Waals surface area contributed by atoms with E-state index in [1.807, 2.05) is 30.3 Å². The number of thiocarbonyl (C=S) groups is 2. The largest absolute Gasteiger partial charge is 0.487 e. The van der Waals surface area contributed by atoms with Crippen LogP contribution < -0.4 is 11.1 Å². The van der Waals surface area contributed by atoms with Gasteiger partial charge in [0.1, 0.15) is 0 Å². The summed E-state index contributed by atoms with van der Waals surface area (Å²) in [4.78, 5) is 4.29. The lowest BCUT2D eigenvalue weighted by Crippen LogP contribution is -2.19. The summed E-state index contributed by atoms with van der Waals surface area (Å²) in [7, 11) is 0.